The highest BCUT2D eigenvalue weighted by Gasteiger charge is 2.31. The van der Waals surface area contributed by atoms with Gasteiger partial charge in [0, 0.05) is 42.1 Å². The van der Waals surface area contributed by atoms with Crippen molar-refractivity contribution in [1.29, 1.82) is 0 Å². The number of rotatable bonds is 7. The molecule has 4 aromatic rings. The van der Waals surface area contributed by atoms with E-state index >= 15 is 0 Å². The first-order valence-electron chi connectivity index (χ1n) is 12.0. The summed E-state index contributed by atoms with van der Waals surface area (Å²) in [5.41, 5.74) is 4.37. The SMILES string of the molecule is CC1=C(C(=O)NCCN(C)c2ccccc2)C(c2ccccc2Cl)N=C(Nc2nc3ccccc3o2)N1. The average molecular weight is 515 g/mol. The molecule has 0 saturated heterocycles. The number of amides is 1. The van der Waals surface area contributed by atoms with Gasteiger partial charge in [0.2, 0.25) is 5.96 Å². The van der Waals surface area contributed by atoms with Crippen LogP contribution in [-0.2, 0) is 4.79 Å². The molecule has 0 bridgehead atoms. The predicted octanol–water partition coefficient (Wildman–Crippen LogP) is 5.12. The van der Waals surface area contributed by atoms with Crippen molar-refractivity contribution in [2.45, 2.75) is 13.0 Å². The second-order valence-electron chi connectivity index (χ2n) is 8.69. The molecule has 0 saturated carbocycles. The Morgan fingerprint density at radius 1 is 1.05 bits per heavy atom. The maximum absolute atomic E-state index is 13.4. The van der Waals surface area contributed by atoms with Gasteiger partial charge in [0.1, 0.15) is 11.6 Å². The van der Waals surface area contributed by atoms with Gasteiger partial charge in [-0.05, 0) is 37.3 Å². The van der Waals surface area contributed by atoms with Gasteiger partial charge in [-0.15, -0.1) is 0 Å². The minimum Gasteiger partial charge on any atom is -0.423 e. The molecular formula is C28H27ClN6O2. The minimum absolute atomic E-state index is 0.207. The highest BCUT2D eigenvalue weighted by molar-refractivity contribution is 6.31. The number of carbonyl (C=O) groups is 1. The molecule has 0 aliphatic carbocycles. The highest BCUT2D eigenvalue weighted by Crippen LogP contribution is 2.35. The van der Waals surface area contributed by atoms with Crippen LogP contribution in [0, 0.1) is 0 Å². The van der Waals surface area contributed by atoms with Gasteiger partial charge in [-0.25, -0.2) is 4.99 Å². The third kappa shape index (κ3) is 5.44. The third-order valence-corrected chi connectivity index (χ3v) is 6.48. The first-order valence-corrected chi connectivity index (χ1v) is 12.3. The molecule has 9 heteroatoms. The highest BCUT2D eigenvalue weighted by atomic mass is 35.5. The number of carbonyl (C=O) groups excluding carboxylic acids is 1. The Balaban J connectivity index is 1.36. The fourth-order valence-corrected chi connectivity index (χ4v) is 4.47. The van der Waals surface area contributed by atoms with E-state index in [9.17, 15) is 4.79 Å². The van der Waals surface area contributed by atoms with Crippen LogP contribution in [0.5, 0.6) is 0 Å². The van der Waals surface area contributed by atoms with Gasteiger partial charge in [0.25, 0.3) is 5.91 Å². The Labute approximate surface area is 220 Å². The van der Waals surface area contributed by atoms with Crippen molar-refractivity contribution in [3.05, 3.63) is 101 Å². The second kappa shape index (κ2) is 10.8. The quantitative estimate of drug-likeness (QED) is 0.317. The standard InChI is InChI=1S/C28H27ClN6O2/c1-18-24(26(36)30-16-17-35(2)19-10-4-3-5-11-19)25(20-12-6-7-13-21(20)29)33-27(31-18)34-28-32-22-14-8-9-15-23(22)37-28/h3-15,25H,16-17H2,1-2H3,(H,30,36)(H2,31,32,33,34). The van der Waals surface area contributed by atoms with Crippen molar-refractivity contribution in [3.63, 3.8) is 0 Å². The van der Waals surface area contributed by atoms with E-state index in [0.29, 0.717) is 46.9 Å². The number of hydrogen-bond donors (Lipinski definition) is 3. The summed E-state index contributed by atoms with van der Waals surface area (Å²) in [5, 5.41) is 9.86. The van der Waals surface area contributed by atoms with Crippen molar-refractivity contribution in [3.8, 4) is 0 Å². The molecule has 1 atom stereocenters. The second-order valence-corrected chi connectivity index (χ2v) is 9.10. The zero-order valence-corrected chi connectivity index (χ0v) is 21.3. The van der Waals surface area contributed by atoms with E-state index in [0.717, 1.165) is 16.8 Å². The van der Waals surface area contributed by atoms with Crippen LogP contribution in [0.2, 0.25) is 5.02 Å². The summed E-state index contributed by atoms with van der Waals surface area (Å²) in [6.45, 7) is 2.96. The smallest absolute Gasteiger partial charge is 0.302 e. The molecule has 8 nitrogen and oxygen atoms in total. The number of aliphatic imine (C=N–C) groups is 1. The number of likely N-dealkylation sites (N-methyl/N-ethyl adjacent to an activating group) is 1. The topological polar surface area (TPSA) is 94.8 Å². The molecule has 2 heterocycles. The van der Waals surface area contributed by atoms with Crippen molar-refractivity contribution < 1.29 is 9.21 Å². The third-order valence-electron chi connectivity index (χ3n) is 6.13. The average Bonchev–Trinajstić information content (AvgIpc) is 3.31. The van der Waals surface area contributed by atoms with Crippen molar-refractivity contribution in [2.24, 2.45) is 4.99 Å². The Hall–Kier alpha value is -4.30. The van der Waals surface area contributed by atoms with Crippen molar-refractivity contribution in [1.82, 2.24) is 15.6 Å². The Morgan fingerprint density at radius 3 is 2.57 bits per heavy atom. The van der Waals surface area contributed by atoms with Crippen molar-refractivity contribution >= 4 is 46.3 Å². The molecule has 0 fully saturated rings. The summed E-state index contributed by atoms with van der Waals surface area (Å²) in [6, 6.07) is 24.6. The number of para-hydroxylation sites is 3. The zero-order chi connectivity index (χ0) is 25.8. The predicted molar refractivity (Wildman–Crippen MR) is 148 cm³/mol. The zero-order valence-electron chi connectivity index (χ0n) is 20.5. The maximum atomic E-state index is 13.4. The summed E-state index contributed by atoms with van der Waals surface area (Å²) in [4.78, 5) is 24.8. The van der Waals surface area contributed by atoms with E-state index in [1.54, 1.807) is 6.07 Å². The van der Waals surface area contributed by atoms with Gasteiger partial charge in [-0.3, -0.25) is 10.1 Å². The van der Waals surface area contributed by atoms with Crippen LogP contribution in [-0.4, -0.2) is 37.0 Å². The fourth-order valence-electron chi connectivity index (χ4n) is 4.23. The molecule has 3 N–H and O–H groups in total. The number of nitrogens with one attached hydrogen (secondary N) is 3. The number of guanidine groups is 1. The monoisotopic (exact) mass is 514 g/mol. The Bertz CT molecular complexity index is 1450. The molecule has 1 aromatic heterocycles. The van der Waals surface area contributed by atoms with Crippen LogP contribution in [0.25, 0.3) is 11.1 Å². The first-order chi connectivity index (χ1) is 18.0. The summed E-state index contributed by atoms with van der Waals surface area (Å²) < 4.78 is 5.79. The lowest BCUT2D eigenvalue weighted by Gasteiger charge is -2.27. The van der Waals surface area contributed by atoms with Gasteiger partial charge < -0.3 is 20.0 Å². The van der Waals surface area contributed by atoms with Gasteiger partial charge in [0.05, 0.1) is 5.57 Å². The number of aromatic nitrogens is 1. The summed E-state index contributed by atoms with van der Waals surface area (Å²) in [6.07, 6.45) is 0. The lowest BCUT2D eigenvalue weighted by molar-refractivity contribution is -0.117. The number of nitrogens with zero attached hydrogens (tertiary/aromatic N) is 3. The van der Waals surface area contributed by atoms with Crippen molar-refractivity contribution in [2.75, 3.05) is 30.4 Å². The number of benzene rings is 3. The Morgan fingerprint density at radius 2 is 1.78 bits per heavy atom. The van der Waals surface area contributed by atoms with Gasteiger partial charge in [-0.1, -0.05) is 60.1 Å². The van der Waals surface area contributed by atoms with Crippen LogP contribution in [0.1, 0.15) is 18.5 Å². The van der Waals surface area contributed by atoms with E-state index in [-0.39, 0.29) is 5.91 Å². The minimum atomic E-state index is -0.617. The van der Waals surface area contributed by atoms with Gasteiger partial charge in [0.15, 0.2) is 5.58 Å². The van der Waals surface area contributed by atoms with E-state index in [1.165, 1.54) is 0 Å². The van der Waals surface area contributed by atoms with Crippen LogP contribution in [0.4, 0.5) is 11.7 Å². The lowest BCUT2D eigenvalue weighted by Crippen LogP contribution is -2.40. The first kappa shape index (κ1) is 24.4. The van der Waals surface area contributed by atoms with E-state index < -0.39 is 6.04 Å². The molecular weight excluding hydrogens is 488 g/mol. The molecule has 3 aromatic carbocycles. The van der Waals surface area contributed by atoms with E-state index in [1.807, 2.05) is 86.8 Å². The maximum Gasteiger partial charge on any atom is 0.302 e. The number of halogens is 1. The van der Waals surface area contributed by atoms with E-state index in [4.69, 9.17) is 21.0 Å². The number of oxazole rings is 1. The number of allylic oxidation sites excluding steroid dienone is 1. The van der Waals surface area contributed by atoms with Gasteiger partial charge >= 0.3 is 6.01 Å². The largest absolute Gasteiger partial charge is 0.423 e. The molecule has 0 radical (unpaired) electrons. The fraction of sp³-hybridized carbons (Fsp3) is 0.179. The summed E-state index contributed by atoms with van der Waals surface area (Å²) >= 11 is 6.55. The molecule has 1 aliphatic rings. The van der Waals surface area contributed by atoms with Crippen LogP contribution >= 0.6 is 11.6 Å². The van der Waals surface area contributed by atoms with Crippen LogP contribution in [0.15, 0.2) is 99.5 Å². The van der Waals surface area contributed by atoms with E-state index in [2.05, 4.69) is 25.8 Å². The molecule has 188 valence electrons. The molecule has 1 unspecified atom stereocenters. The normalized spacial score (nSPS) is 15.2. The van der Waals surface area contributed by atoms with Crippen LogP contribution in [0.3, 0.4) is 0 Å². The molecule has 1 amide bonds. The number of fused-ring (bicyclic) bond motifs is 1. The Kier molecular flexibility index (Phi) is 7.09. The van der Waals surface area contributed by atoms with Gasteiger partial charge in [-0.2, -0.15) is 4.98 Å². The number of anilines is 2. The molecule has 0 spiro atoms. The lowest BCUT2D eigenvalue weighted by atomic mass is 9.95. The summed E-state index contributed by atoms with van der Waals surface area (Å²) in [7, 11) is 2.00. The number of hydrogen-bond acceptors (Lipinski definition) is 7. The summed E-state index contributed by atoms with van der Waals surface area (Å²) in [5.74, 6) is 0.204. The molecule has 37 heavy (non-hydrogen) atoms. The van der Waals surface area contributed by atoms with Crippen LogP contribution < -0.4 is 20.9 Å². The molecule has 1 aliphatic heterocycles. The molecule has 5 rings (SSSR count).